The molecule has 0 aliphatic heterocycles. The van der Waals surface area contributed by atoms with E-state index in [4.69, 9.17) is 5.11 Å². The summed E-state index contributed by atoms with van der Waals surface area (Å²) in [7, 11) is 0. The van der Waals surface area contributed by atoms with Gasteiger partial charge in [0, 0.05) is 25.4 Å². The van der Waals surface area contributed by atoms with Gasteiger partial charge in [0.15, 0.2) is 5.65 Å². The summed E-state index contributed by atoms with van der Waals surface area (Å²) >= 11 is 0. The van der Waals surface area contributed by atoms with Crippen molar-refractivity contribution in [1.82, 2.24) is 14.6 Å². The highest BCUT2D eigenvalue weighted by molar-refractivity contribution is 5.47. The molecule has 0 saturated heterocycles. The Labute approximate surface area is 88.0 Å². The molecule has 15 heavy (non-hydrogen) atoms. The van der Waals surface area contributed by atoms with Crippen molar-refractivity contribution in [2.75, 3.05) is 24.6 Å². The Morgan fingerprint density at radius 2 is 2.33 bits per heavy atom. The first kappa shape index (κ1) is 9.92. The summed E-state index contributed by atoms with van der Waals surface area (Å²) in [4.78, 5) is 6.46. The van der Waals surface area contributed by atoms with Crippen molar-refractivity contribution in [3.63, 3.8) is 0 Å². The summed E-state index contributed by atoms with van der Waals surface area (Å²) in [5.74, 6) is 0.875. The van der Waals surface area contributed by atoms with Crippen LogP contribution in [0.3, 0.4) is 0 Å². The van der Waals surface area contributed by atoms with Gasteiger partial charge in [0.25, 0.3) is 0 Å². The second kappa shape index (κ2) is 4.27. The van der Waals surface area contributed by atoms with Gasteiger partial charge < -0.3 is 10.0 Å². The highest BCUT2D eigenvalue weighted by atomic mass is 16.3. The van der Waals surface area contributed by atoms with Crippen LogP contribution in [-0.4, -0.2) is 39.4 Å². The normalized spacial score (nSPS) is 10.8. The lowest BCUT2D eigenvalue weighted by atomic mass is 10.4. The van der Waals surface area contributed by atoms with Gasteiger partial charge in [-0.2, -0.15) is 5.10 Å². The van der Waals surface area contributed by atoms with Crippen LogP contribution >= 0.6 is 0 Å². The summed E-state index contributed by atoms with van der Waals surface area (Å²) < 4.78 is 1.72. The van der Waals surface area contributed by atoms with E-state index in [2.05, 4.69) is 10.1 Å². The van der Waals surface area contributed by atoms with E-state index in [1.807, 2.05) is 30.2 Å². The molecule has 2 rings (SSSR count). The van der Waals surface area contributed by atoms with Crippen LogP contribution in [0.4, 0.5) is 5.82 Å². The molecule has 0 amide bonds. The fourth-order valence-electron chi connectivity index (χ4n) is 1.53. The molecule has 2 heterocycles. The number of fused-ring (bicyclic) bond motifs is 1. The fourth-order valence-corrected chi connectivity index (χ4v) is 1.53. The smallest absolute Gasteiger partial charge is 0.157 e. The maximum absolute atomic E-state index is 8.92. The SMILES string of the molecule is CCN(CCO)c1ccn2nccc2n1. The lowest BCUT2D eigenvalue weighted by Crippen LogP contribution is -2.27. The average molecular weight is 206 g/mol. The molecule has 0 aromatic carbocycles. The van der Waals surface area contributed by atoms with Crippen LogP contribution in [0.1, 0.15) is 6.92 Å². The van der Waals surface area contributed by atoms with E-state index >= 15 is 0 Å². The number of likely N-dealkylation sites (N-methyl/N-ethyl adjacent to an activating group) is 1. The maximum Gasteiger partial charge on any atom is 0.157 e. The van der Waals surface area contributed by atoms with E-state index in [1.54, 1.807) is 10.7 Å². The quantitative estimate of drug-likeness (QED) is 0.793. The first-order valence-corrected chi connectivity index (χ1v) is 5.01. The molecule has 0 saturated carbocycles. The van der Waals surface area contributed by atoms with E-state index in [0.717, 1.165) is 18.0 Å². The molecule has 0 spiro atoms. The molecular formula is C10H14N4O. The summed E-state index contributed by atoms with van der Waals surface area (Å²) in [6, 6.07) is 3.76. The first-order valence-electron chi connectivity index (χ1n) is 5.01. The highest BCUT2D eigenvalue weighted by Gasteiger charge is 2.05. The number of hydrogen-bond donors (Lipinski definition) is 1. The molecule has 1 N–H and O–H groups in total. The Bertz CT molecular complexity index is 440. The lowest BCUT2D eigenvalue weighted by molar-refractivity contribution is 0.302. The number of nitrogens with zero attached hydrogens (tertiary/aromatic N) is 4. The first-order chi connectivity index (χ1) is 7.35. The minimum Gasteiger partial charge on any atom is -0.395 e. The van der Waals surface area contributed by atoms with Crippen molar-refractivity contribution < 1.29 is 5.11 Å². The fraction of sp³-hybridized carbons (Fsp3) is 0.400. The standard InChI is InChI=1S/C10H14N4O/c1-2-13(7-8-15)9-4-6-14-10(12-9)3-5-11-14/h3-6,15H,2,7-8H2,1H3. The molecule has 0 bridgehead atoms. The molecule has 0 atom stereocenters. The lowest BCUT2D eigenvalue weighted by Gasteiger charge is -2.20. The van der Waals surface area contributed by atoms with E-state index in [1.165, 1.54) is 0 Å². The van der Waals surface area contributed by atoms with Crippen molar-refractivity contribution in [3.05, 3.63) is 24.5 Å². The van der Waals surface area contributed by atoms with Crippen LogP contribution in [0, 0.1) is 0 Å². The zero-order valence-corrected chi connectivity index (χ0v) is 8.67. The Morgan fingerprint density at radius 3 is 3.07 bits per heavy atom. The number of aromatic nitrogens is 3. The van der Waals surface area contributed by atoms with Crippen LogP contribution in [0.15, 0.2) is 24.5 Å². The van der Waals surface area contributed by atoms with Gasteiger partial charge in [0.2, 0.25) is 0 Å². The minimum absolute atomic E-state index is 0.139. The summed E-state index contributed by atoms with van der Waals surface area (Å²) in [5, 5.41) is 13.0. The molecule has 5 nitrogen and oxygen atoms in total. The summed E-state index contributed by atoms with van der Waals surface area (Å²) in [6.45, 7) is 3.61. The maximum atomic E-state index is 8.92. The van der Waals surface area contributed by atoms with Crippen molar-refractivity contribution in [1.29, 1.82) is 0 Å². The molecule has 2 aromatic rings. The molecule has 0 radical (unpaired) electrons. The highest BCUT2D eigenvalue weighted by Crippen LogP contribution is 2.11. The largest absolute Gasteiger partial charge is 0.395 e. The molecule has 5 heteroatoms. The van der Waals surface area contributed by atoms with Gasteiger partial charge in [-0.3, -0.25) is 0 Å². The van der Waals surface area contributed by atoms with Crippen LogP contribution in [0.25, 0.3) is 5.65 Å². The van der Waals surface area contributed by atoms with Gasteiger partial charge in [0.05, 0.1) is 12.8 Å². The van der Waals surface area contributed by atoms with Crippen molar-refractivity contribution in [2.45, 2.75) is 6.92 Å². The third kappa shape index (κ3) is 1.92. The van der Waals surface area contributed by atoms with Crippen molar-refractivity contribution >= 4 is 11.5 Å². The third-order valence-electron chi connectivity index (χ3n) is 2.32. The van der Waals surface area contributed by atoms with E-state index in [-0.39, 0.29) is 6.61 Å². The predicted molar refractivity (Wildman–Crippen MR) is 58.0 cm³/mol. The Kier molecular flexibility index (Phi) is 2.82. The summed E-state index contributed by atoms with van der Waals surface area (Å²) in [5.41, 5.74) is 0.823. The van der Waals surface area contributed by atoms with Gasteiger partial charge in [-0.25, -0.2) is 9.50 Å². The number of rotatable bonds is 4. The second-order valence-corrected chi connectivity index (χ2v) is 3.22. The van der Waals surface area contributed by atoms with Gasteiger partial charge in [-0.15, -0.1) is 0 Å². The van der Waals surface area contributed by atoms with Crippen molar-refractivity contribution in [3.8, 4) is 0 Å². The zero-order chi connectivity index (χ0) is 10.7. The Morgan fingerprint density at radius 1 is 1.47 bits per heavy atom. The molecule has 80 valence electrons. The average Bonchev–Trinajstić information content (AvgIpc) is 2.72. The molecule has 0 aliphatic carbocycles. The van der Waals surface area contributed by atoms with Gasteiger partial charge >= 0.3 is 0 Å². The molecule has 2 aromatic heterocycles. The van der Waals surface area contributed by atoms with E-state index < -0.39 is 0 Å². The van der Waals surface area contributed by atoms with Crippen LogP contribution in [0.5, 0.6) is 0 Å². The zero-order valence-electron chi connectivity index (χ0n) is 8.67. The Balaban J connectivity index is 2.33. The molecular weight excluding hydrogens is 192 g/mol. The molecule has 0 aliphatic rings. The number of aliphatic hydroxyl groups excluding tert-OH is 1. The topological polar surface area (TPSA) is 53.7 Å². The van der Waals surface area contributed by atoms with E-state index in [9.17, 15) is 0 Å². The Hall–Kier alpha value is -1.62. The van der Waals surface area contributed by atoms with Gasteiger partial charge in [0.1, 0.15) is 5.82 Å². The monoisotopic (exact) mass is 206 g/mol. The molecule has 0 unspecified atom stereocenters. The molecule has 0 fully saturated rings. The van der Waals surface area contributed by atoms with Crippen molar-refractivity contribution in [2.24, 2.45) is 0 Å². The summed E-state index contributed by atoms with van der Waals surface area (Å²) in [6.07, 6.45) is 3.59. The predicted octanol–water partition coefficient (Wildman–Crippen LogP) is 0.548. The van der Waals surface area contributed by atoms with E-state index in [0.29, 0.717) is 6.54 Å². The second-order valence-electron chi connectivity index (χ2n) is 3.22. The number of hydrogen-bond acceptors (Lipinski definition) is 4. The number of aliphatic hydroxyl groups is 1. The van der Waals surface area contributed by atoms with Gasteiger partial charge in [-0.1, -0.05) is 0 Å². The van der Waals surface area contributed by atoms with Crippen LogP contribution in [0.2, 0.25) is 0 Å². The third-order valence-corrected chi connectivity index (χ3v) is 2.32. The van der Waals surface area contributed by atoms with Crippen LogP contribution in [-0.2, 0) is 0 Å². The minimum atomic E-state index is 0.139. The van der Waals surface area contributed by atoms with Gasteiger partial charge in [-0.05, 0) is 13.0 Å². The van der Waals surface area contributed by atoms with Crippen LogP contribution < -0.4 is 4.90 Å². The number of anilines is 1.